The molecule has 34 heavy (non-hydrogen) atoms. The van der Waals surface area contributed by atoms with Crippen molar-refractivity contribution in [2.45, 2.75) is 38.0 Å². The predicted octanol–water partition coefficient (Wildman–Crippen LogP) is 5.62. The number of nitrogens with one attached hydrogen (secondary N) is 2. The molecular weight excluding hydrogens is 448 g/mol. The highest BCUT2D eigenvalue weighted by molar-refractivity contribution is 7.98. The van der Waals surface area contributed by atoms with Crippen molar-refractivity contribution in [2.75, 3.05) is 12.1 Å². The third kappa shape index (κ3) is 5.91. The lowest BCUT2D eigenvalue weighted by molar-refractivity contribution is -0.123. The first-order chi connectivity index (χ1) is 16.3. The number of hydrogen-bond donors (Lipinski definition) is 2. The van der Waals surface area contributed by atoms with E-state index in [1.54, 1.807) is 17.8 Å². The molecule has 0 aliphatic carbocycles. The van der Waals surface area contributed by atoms with Crippen LogP contribution < -0.4 is 20.1 Å². The van der Waals surface area contributed by atoms with Gasteiger partial charge in [0.15, 0.2) is 11.5 Å². The lowest BCUT2D eigenvalue weighted by atomic mass is 9.95. The number of carbonyl (C=O) groups excluding carboxylic acids is 2. The van der Waals surface area contributed by atoms with Crippen LogP contribution in [-0.2, 0) is 17.1 Å². The summed E-state index contributed by atoms with van der Waals surface area (Å²) >= 11 is 1.62. The topological polar surface area (TPSA) is 76.7 Å². The molecule has 0 saturated heterocycles. The molecule has 0 spiro atoms. The zero-order chi connectivity index (χ0) is 24.1. The third-order valence-corrected chi connectivity index (χ3v) is 6.43. The summed E-state index contributed by atoms with van der Waals surface area (Å²) in [5.41, 5.74) is 2.90. The average Bonchev–Trinajstić information content (AvgIpc) is 3.29. The minimum Gasteiger partial charge on any atom is -0.454 e. The number of thioether (sulfide) groups is 1. The Morgan fingerprint density at radius 1 is 0.912 bits per heavy atom. The molecule has 0 saturated carbocycles. The second kappa shape index (κ2) is 10.2. The number of carbonyl (C=O) groups is 2. The largest absolute Gasteiger partial charge is 0.454 e. The van der Waals surface area contributed by atoms with E-state index in [0.29, 0.717) is 23.6 Å². The molecule has 0 aromatic heterocycles. The van der Waals surface area contributed by atoms with E-state index in [1.807, 2.05) is 81.4 Å². The van der Waals surface area contributed by atoms with Crippen LogP contribution in [0.25, 0.3) is 0 Å². The van der Waals surface area contributed by atoms with E-state index in [4.69, 9.17) is 9.47 Å². The van der Waals surface area contributed by atoms with Crippen molar-refractivity contribution in [3.63, 3.8) is 0 Å². The summed E-state index contributed by atoms with van der Waals surface area (Å²) in [4.78, 5) is 26.1. The van der Waals surface area contributed by atoms with Crippen LogP contribution in [-0.4, -0.2) is 18.6 Å². The van der Waals surface area contributed by atoms with Crippen molar-refractivity contribution < 1.29 is 19.1 Å². The zero-order valence-corrected chi connectivity index (χ0v) is 20.3. The lowest BCUT2D eigenvalue weighted by Gasteiger charge is -2.19. The highest BCUT2D eigenvalue weighted by Gasteiger charge is 2.22. The fourth-order valence-electron chi connectivity index (χ4n) is 3.30. The Balaban J connectivity index is 1.37. The van der Waals surface area contributed by atoms with Crippen LogP contribution in [0.15, 0.2) is 71.6 Å². The van der Waals surface area contributed by atoms with Crippen LogP contribution in [0, 0.1) is 5.41 Å². The lowest BCUT2D eigenvalue weighted by Crippen LogP contribution is -2.27. The summed E-state index contributed by atoms with van der Waals surface area (Å²) in [6.45, 7) is 6.29. The van der Waals surface area contributed by atoms with Gasteiger partial charge in [-0.3, -0.25) is 9.59 Å². The quantitative estimate of drug-likeness (QED) is 0.433. The first kappa shape index (κ1) is 23.7. The number of benzene rings is 3. The van der Waals surface area contributed by atoms with Gasteiger partial charge in [-0.05, 0) is 47.5 Å². The van der Waals surface area contributed by atoms with Gasteiger partial charge in [0, 0.05) is 28.2 Å². The fourth-order valence-corrected chi connectivity index (χ4v) is 4.26. The molecule has 0 radical (unpaired) electrons. The Morgan fingerprint density at radius 2 is 1.71 bits per heavy atom. The van der Waals surface area contributed by atoms with Gasteiger partial charge in [-0.15, -0.1) is 11.8 Å². The fraction of sp³-hybridized carbons (Fsp3) is 0.259. The highest BCUT2D eigenvalue weighted by atomic mass is 32.2. The molecule has 1 aliphatic heterocycles. The molecule has 3 aromatic rings. The first-order valence-electron chi connectivity index (χ1n) is 11.1. The number of rotatable bonds is 7. The van der Waals surface area contributed by atoms with Gasteiger partial charge in [0.1, 0.15) is 0 Å². The molecule has 1 aliphatic rings. The highest BCUT2D eigenvalue weighted by Crippen LogP contribution is 2.33. The summed E-state index contributed by atoms with van der Waals surface area (Å²) in [6, 6.07) is 21.0. The third-order valence-electron chi connectivity index (χ3n) is 5.29. The molecule has 6 nitrogen and oxygen atoms in total. The summed E-state index contributed by atoms with van der Waals surface area (Å²) in [6.07, 6.45) is 0. The monoisotopic (exact) mass is 476 g/mol. The number of fused-ring (bicyclic) bond motifs is 1. The zero-order valence-electron chi connectivity index (χ0n) is 19.5. The van der Waals surface area contributed by atoms with Gasteiger partial charge >= 0.3 is 0 Å². The van der Waals surface area contributed by atoms with Crippen molar-refractivity contribution in [1.29, 1.82) is 0 Å². The van der Waals surface area contributed by atoms with Crippen molar-refractivity contribution in [3.8, 4) is 11.5 Å². The summed E-state index contributed by atoms with van der Waals surface area (Å²) < 4.78 is 10.7. The Bertz CT molecular complexity index is 1200. The Kier molecular flexibility index (Phi) is 7.12. The maximum Gasteiger partial charge on any atom is 0.251 e. The number of anilines is 1. The second-order valence-corrected chi connectivity index (χ2v) is 10.1. The van der Waals surface area contributed by atoms with Gasteiger partial charge in [0.25, 0.3) is 5.91 Å². The molecular formula is C27H28N2O4S. The maximum atomic E-state index is 12.7. The Morgan fingerprint density at radius 3 is 2.53 bits per heavy atom. The molecule has 0 unspecified atom stereocenters. The van der Waals surface area contributed by atoms with Gasteiger partial charge in [-0.2, -0.15) is 0 Å². The molecule has 0 atom stereocenters. The molecule has 0 bridgehead atoms. The van der Waals surface area contributed by atoms with Crippen LogP contribution in [0.4, 0.5) is 5.69 Å². The van der Waals surface area contributed by atoms with Gasteiger partial charge in [0.2, 0.25) is 12.7 Å². The van der Waals surface area contributed by atoms with E-state index in [1.165, 1.54) is 0 Å². The SMILES string of the molecule is CC(C)(C)C(=O)Nc1ccccc1SCc1cccc(C(=O)NCc2ccc3c(c2)OCO3)c1. The van der Waals surface area contributed by atoms with Crippen LogP contribution >= 0.6 is 11.8 Å². The number of hydrogen-bond acceptors (Lipinski definition) is 5. The van der Waals surface area contributed by atoms with Crippen molar-refractivity contribution >= 4 is 29.3 Å². The van der Waals surface area contributed by atoms with Crippen LogP contribution in [0.2, 0.25) is 0 Å². The molecule has 7 heteroatoms. The number of ether oxygens (including phenoxy) is 2. The molecule has 176 valence electrons. The van der Waals surface area contributed by atoms with E-state index in [-0.39, 0.29) is 18.6 Å². The van der Waals surface area contributed by atoms with Gasteiger partial charge in [-0.1, -0.05) is 51.1 Å². The summed E-state index contributed by atoms with van der Waals surface area (Å²) in [5, 5.41) is 5.99. The second-order valence-electron chi connectivity index (χ2n) is 9.06. The standard InChI is InChI=1S/C27H28N2O4S/c1-27(2,3)26(31)29-21-9-4-5-10-24(21)34-16-19-7-6-8-20(13-19)25(30)28-15-18-11-12-22-23(14-18)33-17-32-22/h4-14H,15-17H2,1-3H3,(H,28,30)(H,29,31). The van der Waals surface area contributed by atoms with Crippen molar-refractivity contribution in [3.05, 3.63) is 83.4 Å². The Labute approximate surface area is 204 Å². The average molecular weight is 477 g/mol. The van der Waals surface area contributed by atoms with Gasteiger partial charge < -0.3 is 20.1 Å². The van der Waals surface area contributed by atoms with Crippen molar-refractivity contribution in [1.82, 2.24) is 5.32 Å². The molecule has 4 rings (SSSR count). The minimum absolute atomic E-state index is 0.0262. The smallest absolute Gasteiger partial charge is 0.251 e. The Hall–Kier alpha value is -3.45. The normalized spacial score (nSPS) is 12.3. The van der Waals surface area contributed by atoms with Crippen LogP contribution in [0.1, 0.15) is 42.3 Å². The molecule has 2 N–H and O–H groups in total. The van der Waals surface area contributed by atoms with E-state index >= 15 is 0 Å². The molecule has 3 aromatic carbocycles. The number of para-hydroxylation sites is 1. The minimum atomic E-state index is -0.472. The van der Waals surface area contributed by atoms with E-state index in [9.17, 15) is 9.59 Å². The van der Waals surface area contributed by atoms with Gasteiger partial charge in [0.05, 0.1) is 5.69 Å². The molecule has 2 amide bonds. The summed E-state index contributed by atoms with van der Waals surface area (Å²) in [7, 11) is 0. The maximum absolute atomic E-state index is 12.7. The first-order valence-corrected chi connectivity index (χ1v) is 12.1. The van der Waals surface area contributed by atoms with Crippen LogP contribution in [0.3, 0.4) is 0 Å². The van der Waals surface area contributed by atoms with E-state index in [2.05, 4.69) is 10.6 Å². The number of amides is 2. The van der Waals surface area contributed by atoms with E-state index < -0.39 is 5.41 Å². The summed E-state index contributed by atoms with van der Waals surface area (Å²) in [5.74, 6) is 1.93. The molecule has 1 heterocycles. The van der Waals surface area contributed by atoms with Gasteiger partial charge in [-0.25, -0.2) is 0 Å². The van der Waals surface area contributed by atoms with E-state index in [0.717, 1.165) is 27.5 Å². The predicted molar refractivity (Wildman–Crippen MR) is 134 cm³/mol. The van der Waals surface area contributed by atoms with Crippen LogP contribution in [0.5, 0.6) is 11.5 Å². The molecule has 0 fully saturated rings. The van der Waals surface area contributed by atoms with Crippen molar-refractivity contribution in [2.24, 2.45) is 5.41 Å².